The zero-order chi connectivity index (χ0) is 15.0. The number of alkyl halides is 3. The Morgan fingerprint density at radius 1 is 0.900 bits per heavy atom. The zero-order valence-corrected chi connectivity index (χ0v) is 10.9. The smallest absolute Gasteiger partial charge is 0.399 e. The summed E-state index contributed by atoms with van der Waals surface area (Å²) in [5, 5.41) is 0. The maximum absolute atomic E-state index is 12.6. The fourth-order valence-electron chi connectivity index (χ4n) is 1.62. The summed E-state index contributed by atoms with van der Waals surface area (Å²) in [6.07, 6.45) is -4.59. The Balaban J connectivity index is 2.53. The van der Waals surface area contributed by atoms with Crippen LogP contribution in [0.3, 0.4) is 0 Å². The average molecular weight is 301 g/mol. The van der Waals surface area contributed by atoms with Crippen LogP contribution in [-0.4, -0.2) is 8.42 Å². The molecule has 2 aromatic rings. The Morgan fingerprint density at radius 3 is 2.05 bits per heavy atom. The molecule has 0 radical (unpaired) electrons. The van der Waals surface area contributed by atoms with E-state index in [4.69, 9.17) is 5.73 Å². The molecule has 0 atom stereocenters. The van der Waals surface area contributed by atoms with E-state index in [1.807, 2.05) is 0 Å². The Kier molecular flexibility index (Phi) is 3.47. The molecule has 2 N–H and O–H groups in total. The number of rotatable bonds is 2. The van der Waals surface area contributed by atoms with E-state index in [1.54, 1.807) is 0 Å². The second kappa shape index (κ2) is 4.82. The first-order valence-electron chi connectivity index (χ1n) is 5.49. The predicted octanol–water partition coefficient (Wildman–Crippen LogP) is 3.12. The fourth-order valence-corrected chi connectivity index (χ4v) is 2.93. The lowest BCUT2D eigenvalue weighted by Crippen LogP contribution is -2.08. The lowest BCUT2D eigenvalue weighted by Gasteiger charge is -2.09. The molecule has 20 heavy (non-hydrogen) atoms. The molecule has 2 aromatic carbocycles. The van der Waals surface area contributed by atoms with Crippen LogP contribution in [0, 0.1) is 0 Å². The molecule has 0 aromatic heterocycles. The first-order chi connectivity index (χ1) is 9.21. The molecule has 0 amide bonds. The van der Waals surface area contributed by atoms with Gasteiger partial charge in [-0.05, 0) is 42.5 Å². The molecule has 0 aliphatic rings. The van der Waals surface area contributed by atoms with Gasteiger partial charge in [-0.2, -0.15) is 13.2 Å². The minimum Gasteiger partial charge on any atom is -0.399 e. The van der Waals surface area contributed by atoms with E-state index < -0.39 is 26.5 Å². The highest BCUT2D eigenvalue weighted by atomic mass is 32.2. The molecule has 7 heteroatoms. The molecule has 3 nitrogen and oxygen atoms in total. The molecule has 0 aliphatic carbocycles. The minimum atomic E-state index is -4.59. The Hall–Kier alpha value is -2.02. The van der Waals surface area contributed by atoms with E-state index in [9.17, 15) is 21.6 Å². The van der Waals surface area contributed by atoms with Crippen molar-refractivity contribution in [1.82, 2.24) is 0 Å². The SMILES string of the molecule is Nc1ccc(S(=O)(=O)c2cccc(C(F)(F)F)c2)cc1. The van der Waals surface area contributed by atoms with Crippen molar-refractivity contribution in [3.8, 4) is 0 Å². The summed E-state index contributed by atoms with van der Waals surface area (Å²) in [6, 6.07) is 8.89. The van der Waals surface area contributed by atoms with Gasteiger partial charge < -0.3 is 5.73 Å². The third-order valence-electron chi connectivity index (χ3n) is 2.66. The second-order valence-corrected chi connectivity index (χ2v) is 6.05. The summed E-state index contributed by atoms with van der Waals surface area (Å²) >= 11 is 0. The maximum Gasteiger partial charge on any atom is 0.416 e. The van der Waals surface area contributed by atoms with Crippen LogP contribution >= 0.6 is 0 Å². The summed E-state index contributed by atoms with van der Waals surface area (Å²) in [4.78, 5) is -0.511. The normalized spacial score (nSPS) is 12.3. The number of sulfone groups is 1. The molecule has 0 spiro atoms. The van der Waals surface area contributed by atoms with Crippen molar-refractivity contribution in [3.05, 3.63) is 54.1 Å². The Morgan fingerprint density at radius 2 is 1.50 bits per heavy atom. The van der Waals surface area contributed by atoms with Gasteiger partial charge in [0.15, 0.2) is 0 Å². The van der Waals surface area contributed by atoms with E-state index in [0.717, 1.165) is 18.2 Å². The third kappa shape index (κ3) is 2.77. The van der Waals surface area contributed by atoms with E-state index >= 15 is 0 Å². The van der Waals surface area contributed by atoms with Crippen molar-refractivity contribution < 1.29 is 21.6 Å². The van der Waals surface area contributed by atoms with Crippen molar-refractivity contribution in [2.45, 2.75) is 16.0 Å². The lowest BCUT2D eigenvalue weighted by atomic mass is 10.2. The number of halogens is 3. The van der Waals surface area contributed by atoms with Gasteiger partial charge in [-0.3, -0.25) is 0 Å². The van der Waals surface area contributed by atoms with Crippen LogP contribution in [-0.2, 0) is 16.0 Å². The number of hydrogen-bond acceptors (Lipinski definition) is 3. The largest absolute Gasteiger partial charge is 0.416 e. The van der Waals surface area contributed by atoms with Gasteiger partial charge in [0.1, 0.15) is 0 Å². The zero-order valence-electron chi connectivity index (χ0n) is 10.1. The number of anilines is 1. The van der Waals surface area contributed by atoms with Crippen LogP contribution in [0.15, 0.2) is 58.3 Å². The predicted molar refractivity (Wildman–Crippen MR) is 67.8 cm³/mol. The molecule has 0 heterocycles. The minimum absolute atomic E-state index is 0.106. The maximum atomic E-state index is 12.6. The highest BCUT2D eigenvalue weighted by Crippen LogP contribution is 2.31. The number of nitrogen functional groups attached to an aromatic ring is 1. The van der Waals surface area contributed by atoms with Gasteiger partial charge in [-0.15, -0.1) is 0 Å². The molecule has 0 aliphatic heterocycles. The summed E-state index contributed by atoms with van der Waals surface area (Å²) in [5.74, 6) is 0. The van der Waals surface area contributed by atoms with Crippen LogP contribution in [0.4, 0.5) is 18.9 Å². The lowest BCUT2D eigenvalue weighted by molar-refractivity contribution is -0.137. The van der Waals surface area contributed by atoms with Crippen LogP contribution in [0.2, 0.25) is 0 Å². The topological polar surface area (TPSA) is 60.2 Å². The van der Waals surface area contributed by atoms with E-state index in [2.05, 4.69) is 0 Å². The standard InChI is InChI=1S/C13H10F3NO2S/c14-13(15,16)9-2-1-3-12(8-9)20(18,19)11-6-4-10(17)5-7-11/h1-8H,17H2. The van der Waals surface area contributed by atoms with Gasteiger partial charge in [0.2, 0.25) is 9.84 Å². The van der Waals surface area contributed by atoms with Crippen LogP contribution in [0.25, 0.3) is 0 Å². The average Bonchev–Trinajstić information content (AvgIpc) is 2.38. The molecular weight excluding hydrogens is 291 g/mol. The van der Waals surface area contributed by atoms with Crippen molar-refractivity contribution in [1.29, 1.82) is 0 Å². The van der Waals surface area contributed by atoms with Crippen LogP contribution in [0.5, 0.6) is 0 Å². The number of benzene rings is 2. The Labute approximate surface area is 113 Å². The highest BCUT2D eigenvalue weighted by Gasteiger charge is 2.31. The monoisotopic (exact) mass is 301 g/mol. The van der Waals surface area contributed by atoms with Crippen LogP contribution in [0.1, 0.15) is 5.56 Å². The van der Waals surface area contributed by atoms with Gasteiger partial charge in [-0.25, -0.2) is 8.42 Å². The molecule has 0 saturated carbocycles. The van der Waals surface area contributed by atoms with Crippen molar-refractivity contribution >= 4 is 15.5 Å². The van der Waals surface area contributed by atoms with Gasteiger partial charge in [0, 0.05) is 5.69 Å². The quantitative estimate of drug-likeness (QED) is 0.867. The molecule has 0 bridgehead atoms. The first-order valence-corrected chi connectivity index (χ1v) is 6.97. The number of hydrogen-bond donors (Lipinski definition) is 1. The summed E-state index contributed by atoms with van der Waals surface area (Å²) in [7, 11) is -3.99. The molecule has 0 fully saturated rings. The summed E-state index contributed by atoms with van der Waals surface area (Å²) in [6.45, 7) is 0. The molecule has 106 valence electrons. The van der Waals surface area contributed by atoms with Crippen molar-refractivity contribution in [2.75, 3.05) is 5.73 Å². The summed E-state index contributed by atoms with van der Waals surface area (Å²) < 4.78 is 62.2. The second-order valence-electron chi connectivity index (χ2n) is 4.10. The fraction of sp³-hybridized carbons (Fsp3) is 0.0769. The van der Waals surface area contributed by atoms with Crippen molar-refractivity contribution in [2.24, 2.45) is 0 Å². The van der Waals surface area contributed by atoms with E-state index in [0.29, 0.717) is 11.8 Å². The first kappa shape index (κ1) is 14.4. The Bertz CT molecular complexity index is 722. The van der Waals surface area contributed by atoms with E-state index in [1.165, 1.54) is 24.3 Å². The summed E-state index contributed by atoms with van der Waals surface area (Å²) in [5.41, 5.74) is 4.81. The third-order valence-corrected chi connectivity index (χ3v) is 4.43. The van der Waals surface area contributed by atoms with Gasteiger partial charge in [-0.1, -0.05) is 6.07 Å². The van der Waals surface area contributed by atoms with E-state index in [-0.39, 0.29) is 4.90 Å². The molecule has 0 unspecified atom stereocenters. The molecule has 2 rings (SSSR count). The molecular formula is C13H10F3NO2S. The van der Waals surface area contributed by atoms with Gasteiger partial charge in [0.05, 0.1) is 15.4 Å². The highest BCUT2D eigenvalue weighted by molar-refractivity contribution is 7.91. The van der Waals surface area contributed by atoms with Crippen LogP contribution < -0.4 is 5.73 Å². The van der Waals surface area contributed by atoms with Gasteiger partial charge >= 0.3 is 6.18 Å². The molecule has 0 saturated heterocycles. The number of nitrogens with two attached hydrogens (primary N) is 1. The van der Waals surface area contributed by atoms with Crippen molar-refractivity contribution in [3.63, 3.8) is 0 Å². The van der Waals surface area contributed by atoms with Gasteiger partial charge in [0.25, 0.3) is 0 Å².